The van der Waals surface area contributed by atoms with Crippen LogP contribution in [0.1, 0.15) is 12.0 Å². The van der Waals surface area contributed by atoms with Gasteiger partial charge in [0, 0.05) is 11.3 Å². The molecule has 3 rings (SSSR count). The van der Waals surface area contributed by atoms with Crippen LogP contribution >= 0.6 is 11.8 Å². The van der Waals surface area contributed by atoms with Crippen molar-refractivity contribution in [2.75, 3.05) is 10.6 Å². The van der Waals surface area contributed by atoms with Gasteiger partial charge in [-0.1, -0.05) is 18.2 Å². The predicted octanol–water partition coefficient (Wildman–Crippen LogP) is 3.58. The summed E-state index contributed by atoms with van der Waals surface area (Å²) < 4.78 is 13.7. The number of anilines is 2. The lowest BCUT2D eigenvalue weighted by Gasteiger charge is -2.23. The minimum absolute atomic E-state index is 0.0157. The number of thioether (sulfide) groups is 1. The Labute approximate surface area is 137 Å². The number of fused-ring (bicyclic) bond motifs is 1. The fraction of sp³-hybridized carbons (Fsp3) is 0.176. The molecular weight excluding hydrogens is 315 g/mol. The van der Waals surface area contributed by atoms with Crippen molar-refractivity contribution in [2.24, 2.45) is 0 Å². The Morgan fingerprint density at radius 2 is 2.09 bits per heavy atom. The standard InChI is InChI=1S/C17H15FN2O2S/c1-10-6-7-11(18)13(8-10)19-16(21)9-15-17(22)20-12-4-2-3-5-14(12)23-15/h2-8,15H,9H2,1H3,(H,19,21)(H,20,22). The maximum atomic E-state index is 13.7. The zero-order valence-corrected chi connectivity index (χ0v) is 13.2. The minimum atomic E-state index is -0.530. The molecule has 2 aromatic rings. The van der Waals surface area contributed by atoms with Gasteiger partial charge < -0.3 is 10.6 Å². The molecule has 0 aliphatic carbocycles. The quantitative estimate of drug-likeness (QED) is 0.904. The first-order chi connectivity index (χ1) is 11.0. The van der Waals surface area contributed by atoms with Gasteiger partial charge in [0.15, 0.2) is 0 Å². The number of para-hydroxylation sites is 1. The largest absolute Gasteiger partial charge is 0.324 e. The maximum absolute atomic E-state index is 13.7. The van der Waals surface area contributed by atoms with Gasteiger partial charge in [0.05, 0.1) is 16.6 Å². The van der Waals surface area contributed by atoms with Gasteiger partial charge in [-0.05, 0) is 36.8 Å². The Balaban J connectivity index is 1.69. The van der Waals surface area contributed by atoms with E-state index < -0.39 is 11.1 Å². The lowest BCUT2D eigenvalue weighted by molar-refractivity contribution is -0.120. The van der Waals surface area contributed by atoms with Crippen LogP contribution in [-0.4, -0.2) is 17.1 Å². The van der Waals surface area contributed by atoms with E-state index in [1.807, 2.05) is 31.2 Å². The van der Waals surface area contributed by atoms with Crippen molar-refractivity contribution >= 4 is 35.0 Å². The van der Waals surface area contributed by atoms with E-state index in [0.29, 0.717) is 0 Å². The summed E-state index contributed by atoms with van der Waals surface area (Å²) in [5, 5.41) is 4.79. The van der Waals surface area contributed by atoms with E-state index in [1.165, 1.54) is 17.8 Å². The molecular formula is C17H15FN2O2S. The minimum Gasteiger partial charge on any atom is -0.324 e. The average molecular weight is 330 g/mol. The average Bonchev–Trinajstić information content (AvgIpc) is 2.51. The summed E-state index contributed by atoms with van der Waals surface area (Å²) in [6.07, 6.45) is -0.0157. The molecule has 0 aromatic heterocycles. The second-order valence-electron chi connectivity index (χ2n) is 5.33. The number of carbonyl (C=O) groups is 2. The first-order valence-corrected chi connectivity index (χ1v) is 8.03. The molecule has 4 nitrogen and oxygen atoms in total. The van der Waals surface area contributed by atoms with Crippen molar-refractivity contribution in [3.05, 3.63) is 53.8 Å². The fourth-order valence-corrected chi connectivity index (χ4v) is 3.44. The van der Waals surface area contributed by atoms with Gasteiger partial charge >= 0.3 is 0 Å². The summed E-state index contributed by atoms with van der Waals surface area (Å²) >= 11 is 1.34. The van der Waals surface area contributed by atoms with E-state index in [4.69, 9.17) is 0 Å². The summed E-state index contributed by atoms with van der Waals surface area (Å²) in [5.74, 6) is -1.09. The number of aryl methyl sites for hydroxylation is 1. The molecule has 0 spiro atoms. The second kappa shape index (κ2) is 6.42. The lowest BCUT2D eigenvalue weighted by atomic mass is 10.2. The Morgan fingerprint density at radius 1 is 1.30 bits per heavy atom. The normalized spacial score (nSPS) is 16.4. The molecule has 0 bridgehead atoms. The Bertz CT molecular complexity index is 779. The van der Waals surface area contributed by atoms with Gasteiger partial charge in [-0.2, -0.15) is 0 Å². The van der Waals surface area contributed by atoms with Crippen LogP contribution in [0.25, 0.3) is 0 Å². The van der Waals surface area contributed by atoms with Crippen LogP contribution in [0.2, 0.25) is 0 Å². The van der Waals surface area contributed by atoms with E-state index in [-0.39, 0.29) is 23.9 Å². The third-order valence-corrected chi connectivity index (χ3v) is 4.75. The SMILES string of the molecule is Cc1ccc(F)c(NC(=O)CC2Sc3ccccc3NC2=O)c1. The molecule has 6 heteroatoms. The van der Waals surface area contributed by atoms with Crippen molar-refractivity contribution in [3.63, 3.8) is 0 Å². The number of nitrogens with one attached hydrogen (secondary N) is 2. The summed E-state index contributed by atoms with van der Waals surface area (Å²) in [6, 6.07) is 11.9. The molecule has 1 aliphatic rings. The van der Waals surface area contributed by atoms with Crippen LogP contribution in [0.5, 0.6) is 0 Å². The summed E-state index contributed by atoms with van der Waals surface area (Å²) in [6.45, 7) is 1.82. The van der Waals surface area contributed by atoms with Crippen molar-refractivity contribution in [3.8, 4) is 0 Å². The number of benzene rings is 2. The van der Waals surface area contributed by atoms with Gasteiger partial charge in [-0.25, -0.2) is 4.39 Å². The molecule has 0 saturated carbocycles. The van der Waals surface area contributed by atoms with Crippen LogP contribution < -0.4 is 10.6 Å². The molecule has 1 unspecified atom stereocenters. The molecule has 2 N–H and O–H groups in total. The zero-order valence-electron chi connectivity index (χ0n) is 12.4. The van der Waals surface area contributed by atoms with E-state index in [0.717, 1.165) is 16.1 Å². The van der Waals surface area contributed by atoms with Crippen molar-refractivity contribution in [2.45, 2.75) is 23.5 Å². The number of halogens is 1. The molecule has 1 atom stereocenters. The molecule has 2 aromatic carbocycles. The summed E-state index contributed by atoms with van der Waals surface area (Å²) in [7, 11) is 0. The van der Waals surface area contributed by atoms with Crippen LogP contribution in [0, 0.1) is 12.7 Å². The van der Waals surface area contributed by atoms with Crippen LogP contribution in [0.15, 0.2) is 47.4 Å². The van der Waals surface area contributed by atoms with Gasteiger partial charge in [0.1, 0.15) is 5.82 Å². The smallest absolute Gasteiger partial charge is 0.238 e. The highest BCUT2D eigenvalue weighted by Gasteiger charge is 2.28. The molecule has 0 saturated heterocycles. The number of rotatable bonds is 3. The summed E-state index contributed by atoms with van der Waals surface area (Å²) in [5.41, 5.74) is 1.74. The van der Waals surface area contributed by atoms with Gasteiger partial charge in [0.25, 0.3) is 0 Å². The Morgan fingerprint density at radius 3 is 2.91 bits per heavy atom. The van der Waals surface area contributed by atoms with Gasteiger partial charge in [0.2, 0.25) is 11.8 Å². The fourth-order valence-electron chi connectivity index (χ4n) is 2.33. The van der Waals surface area contributed by atoms with Crippen LogP contribution in [-0.2, 0) is 9.59 Å². The third-order valence-electron chi connectivity index (χ3n) is 3.47. The molecule has 1 aliphatic heterocycles. The topological polar surface area (TPSA) is 58.2 Å². The number of hydrogen-bond donors (Lipinski definition) is 2. The van der Waals surface area contributed by atoms with E-state index in [1.54, 1.807) is 12.1 Å². The molecule has 1 heterocycles. The maximum Gasteiger partial charge on any atom is 0.238 e. The number of carbonyl (C=O) groups excluding carboxylic acids is 2. The highest BCUT2D eigenvalue weighted by atomic mass is 32.2. The van der Waals surface area contributed by atoms with Crippen molar-refractivity contribution < 1.29 is 14.0 Å². The predicted molar refractivity (Wildman–Crippen MR) is 89.1 cm³/mol. The second-order valence-corrected chi connectivity index (χ2v) is 6.57. The van der Waals surface area contributed by atoms with E-state index in [9.17, 15) is 14.0 Å². The van der Waals surface area contributed by atoms with Crippen molar-refractivity contribution in [1.29, 1.82) is 0 Å². The molecule has 118 valence electrons. The van der Waals surface area contributed by atoms with Crippen LogP contribution in [0.4, 0.5) is 15.8 Å². The molecule has 0 fully saturated rings. The lowest BCUT2D eigenvalue weighted by Crippen LogP contribution is -2.32. The van der Waals surface area contributed by atoms with Crippen LogP contribution in [0.3, 0.4) is 0 Å². The molecule has 2 amide bonds. The van der Waals surface area contributed by atoms with Crippen molar-refractivity contribution in [1.82, 2.24) is 0 Å². The molecule has 23 heavy (non-hydrogen) atoms. The van der Waals surface area contributed by atoms with E-state index in [2.05, 4.69) is 10.6 Å². The number of hydrogen-bond acceptors (Lipinski definition) is 3. The third kappa shape index (κ3) is 3.53. The van der Waals surface area contributed by atoms with E-state index >= 15 is 0 Å². The Hall–Kier alpha value is -2.34. The Kier molecular flexibility index (Phi) is 4.34. The first-order valence-electron chi connectivity index (χ1n) is 7.15. The summed E-state index contributed by atoms with van der Waals surface area (Å²) in [4.78, 5) is 25.1. The molecule has 0 radical (unpaired) electrons. The van der Waals surface area contributed by atoms with Gasteiger partial charge in [-0.3, -0.25) is 9.59 Å². The first kappa shape index (κ1) is 15.6. The van der Waals surface area contributed by atoms with Gasteiger partial charge in [-0.15, -0.1) is 11.8 Å². The highest BCUT2D eigenvalue weighted by Crippen LogP contribution is 2.36. The monoisotopic (exact) mass is 330 g/mol. The number of amides is 2. The zero-order chi connectivity index (χ0) is 16.4. The highest BCUT2D eigenvalue weighted by molar-refractivity contribution is 8.01.